The predicted octanol–water partition coefficient (Wildman–Crippen LogP) is 4.21. The Morgan fingerprint density at radius 3 is 2.48 bits per heavy atom. The number of aryl methyl sites for hydroxylation is 1. The van der Waals surface area contributed by atoms with Crippen molar-refractivity contribution in [2.45, 2.75) is 27.0 Å². The van der Waals surface area contributed by atoms with Crippen LogP contribution in [0.5, 0.6) is 0 Å². The number of aliphatic hydroxyl groups excluding tert-OH is 1. The SMILES string of the molecule is CC(=O)O.Cc1nc2n(c1C)-c1ccc(Cl)cc1C(c1ccccc1F)=NC2O. The Bertz CT molecular complexity index is 1120. The summed E-state index contributed by atoms with van der Waals surface area (Å²) in [6.45, 7) is 4.88. The Labute approximate surface area is 171 Å². The highest BCUT2D eigenvalue weighted by Gasteiger charge is 2.28. The Kier molecular flexibility index (Phi) is 5.81. The van der Waals surface area contributed by atoms with E-state index in [0.29, 0.717) is 27.7 Å². The van der Waals surface area contributed by atoms with Crippen molar-refractivity contribution in [1.29, 1.82) is 0 Å². The van der Waals surface area contributed by atoms with Crippen molar-refractivity contribution in [2.24, 2.45) is 4.99 Å². The molecule has 1 aliphatic heterocycles. The lowest BCUT2D eigenvalue weighted by Gasteiger charge is -2.14. The topological polar surface area (TPSA) is 87.7 Å². The van der Waals surface area contributed by atoms with Gasteiger partial charge in [0.25, 0.3) is 5.97 Å². The fraction of sp³-hybridized carbons (Fsp3) is 0.190. The number of halogens is 2. The number of carboxylic acid groups (broad SMARTS) is 1. The fourth-order valence-electron chi connectivity index (χ4n) is 3.12. The van der Waals surface area contributed by atoms with Crippen LogP contribution in [0, 0.1) is 19.7 Å². The van der Waals surface area contributed by atoms with Gasteiger partial charge in [-0.25, -0.2) is 14.4 Å². The van der Waals surface area contributed by atoms with Crippen molar-refractivity contribution in [3.63, 3.8) is 0 Å². The minimum atomic E-state index is -1.20. The molecule has 29 heavy (non-hydrogen) atoms. The van der Waals surface area contributed by atoms with E-state index in [4.69, 9.17) is 21.5 Å². The summed E-state index contributed by atoms with van der Waals surface area (Å²) in [7, 11) is 0. The first kappa shape index (κ1) is 20.7. The van der Waals surface area contributed by atoms with Crippen LogP contribution in [0.25, 0.3) is 5.69 Å². The molecule has 0 spiro atoms. The van der Waals surface area contributed by atoms with E-state index in [9.17, 15) is 9.50 Å². The van der Waals surface area contributed by atoms with Crippen molar-refractivity contribution in [2.75, 3.05) is 0 Å². The van der Waals surface area contributed by atoms with Crippen LogP contribution in [0.2, 0.25) is 5.02 Å². The molecule has 4 rings (SSSR count). The molecule has 0 fully saturated rings. The number of aromatic nitrogens is 2. The van der Waals surface area contributed by atoms with Gasteiger partial charge in [0.15, 0.2) is 5.82 Å². The summed E-state index contributed by atoms with van der Waals surface area (Å²) in [6.07, 6.45) is -1.20. The Hall–Kier alpha value is -3.03. The Morgan fingerprint density at radius 2 is 1.83 bits per heavy atom. The summed E-state index contributed by atoms with van der Waals surface area (Å²) in [5, 5.41) is 18.5. The van der Waals surface area contributed by atoms with E-state index in [1.165, 1.54) is 6.07 Å². The van der Waals surface area contributed by atoms with Crippen LogP contribution in [0.3, 0.4) is 0 Å². The second-order valence-corrected chi connectivity index (χ2v) is 6.92. The molecule has 2 N–H and O–H groups in total. The maximum absolute atomic E-state index is 14.4. The minimum absolute atomic E-state index is 0.310. The van der Waals surface area contributed by atoms with Crippen LogP contribution in [0.1, 0.15) is 41.5 Å². The number of carbonyl (C=O) groups is 1. The van der Waals surface area contributed by atoms with Crippen molar-refractivity contribution < 1.29 is 19.4 Å². The molecule has 1 aromatic heterocycles. The molecule has 0 amide bonds. The van der Waals surface area contributed by atoms with Crippen LogP contribution in [0.4, 0.5) is 4.39 Å². The van der Waals surface area contributed by atoms with Crippen molar-refractivity contribution in [3.05, 3.63) is 81.6 Å². The van der Waals surface area contributed by atoms with Gasteiger partial charge < -0.3 is 10.2 Å². The molecule has 0 aliphatic carbocycles. The quantitative estimate of drug-likeness (QED) is 0.623. The number of fused-ring (bicyclic) bond motifs is 3. The van der Waals surface area contributed by atoms with Gasteiger partial charge in [-0.3, -0.25) is 9.36 Å². The summed E-state index contributed by atoms with van der Waals surface area (Å²) in [5.41, 5.74) is 3.77. The summed E-state index contributed by atoms with van der Waals surface area (Å²) in [5.74, 6) is -0.836. The van der Waals surface area contributed by atoms with Crippen molar-refractivity contribution in [1.82, 2.24) is 9.55 Å². The van der Waals surface area contributed by atoms with Gasteiger partial charge in [0, 0.05) is 28.8 Å². The normalized spacial score (nSPS) is 14.7. The molecular formula is C21H19ClFN3O3. The number of carboxylic acids is 1. The monoisotopic (exact) mass is 415 g/mol. The number of aliphatic imine (C=N–C) groups is 1. The summed E-state index contributed by atoms with van der Waals surface area (Å²) in [6, 6.07) is 11.7. The molecule has 0 saturated heterocycles. The van der Waals surface area contributed by atoms with Gasteiger partial charge in [0.05, 0.1) is 17.1 Å². The highest BCUT2D eigenvalue weighted by atomic mass is 35.5. The summed E-state index contributed by atoms with van der Waals surface area (Å²) >= 11 is 6.19. The fourth-order valence-corrected chi connectivity index (χ4v) is 3.30. The Morgan fingerprint density at radius 1 is 1.17 bits per heavy atom. The number of hydrogen-bond donors (Lipinski definition) is 2. The molecule has 3 aromatic rings. The van der Waals surface area contributed by atoms with Gasteiger partial charge >= 0.3 is 0 Å². The van der Waals surface area contributed by atoms with E-state index >= 15 is 0 Å². The van der Waals surface area contributed by atoms with Crippen LogP contribution in [-0.4, -0.2) is 31.4 Å². The maximum atomic E-state index is 14.4. The standard InChI is InChI=1S/C19H15ClFN3O.C2H4O2/c1-10-11(2)24-16-8-7-12(20)9-14(16)17(23-19(25)18(24)22-10)13-5-3-4-6-15(13)21;1-2(3)4/h3-9,19,25H,1-2H3;1H3,(H,3,4). The molecule has 8 heteroatoms. The van der Waals surface area contributed by atoms with E-state index in [-0.39, 0.29) is 0 Å². The Balaban J connectivity index is 0.000000552. The van der Waals surface area contributed by atoms with E-state index in [2.05, 4.69) is 9.98 Å². The number of nitrogens with zero attached hydrogens (tertiary/aromatic N) is 3. The number of benzene rings is 2. The van der Waals surface area contributed by atoms with E-state index in [1.807, 2.05) is 24.5 Å². The lowest BCUT2D eigenvalue weighted by atomic mass is 10.00. The van der Waals surface area contributed by atoms with Gasteiger partial charge in [-0.05, 0) is 44.2 Å². The largest absolute Gasteiger partial charge is 0.481 e. The van der Waals surface area contributed by atoms with Crippen LogP contribution in [-0.2, 0) is 4.79 Å². The third-order valence-corrected chi connectivity index (χ3v) is 4.67. The summed E-state index contributed by atoms with van der Waals surface area (Å²) in [4.78, 5) is 17.8. The van der Waals surface area contributed by atoms with Crippen LogP contribution < -0.4 is 0 Å². The smallest absolute Gasteiger partial charge is 0.300 e. The third-order valence-electron chi connectivity index (χ3n) is 4.44. The molecule has 2 aromatic carbocycles. The van der Waals surface area contributed by atoms with Crippen LogP contribution in [0.15, 0.2) is 47.5 Å². The first-order valence-electron chi connectivity index (χ1n) is 8.77. The molecule has 0 bridgehead atoms. The second-order valence-electron chi connectivity index (χ2n) is 6.49. The van der Waals surface area contributed by atoms with Crippen LogP contribution >= 0.6 is 11.6 Å². The average Bonchev–Trinajstić information content (AvgIpc) is 2.88. The summed E-state index contributed by atoms with van der Waals surface area (Å²) < 4.78 is 16.3. The van der Waals surface area contributed by atoms with Gasteiger partial charge in [0.1, 0.15) is 5.82 Å². The van der Waals surface area contributed by atoms with Gasteiger partial charge in [-0.1, -0.05) is 23.7 Å². The van der Waals surface area contributed by atoms with Crippen molar-refractivity contribution in [3.8, 4) is 5.69 Å². The number of imidazole rings is 1. The maximum Gasteiger partial charge on any atom is 0.300 e. The number of rotatable bonds is 1. The zero-order valence-corrected chi connectivity index (χ0v) is 16.8. The minimum Gasteiger partial charge on any atom is -0.481 e. The molecule has 0 saturated carbocycles. The molecule has 0 radical (unpaired) electrons. The second kappa shape index (κ2) is 8.14. The first-order valence-corrected chi connectivity index (χ1v) is 9.15. The average molecular weight is 416 g/mol. The van der Waals surface area contributed by atoms with Gasteiger partial charge in [0.2, 0.25) is 6.23 Å². The predicted molar refractivity (Wildman–Crippen MR) is 108 cm³/mol. The molecule has 1 aliphatic rings. The van der Waals surface area contributed by atoms with Gasteiger partial charge in [-0.15, -0.1) is 0 Å². The zero-order valence-electron chi connectivity index (χ0n) is 16.0. The molecule has 1 atom stereocenters. The van der Waals surface area contributed by atoms with E-state index in [0.717, 1.165) is 24.0 Å². The lowest BCUT2D eigenvalue weighted by molar-refractivity contribution is -0.134. The number of hydrogen-bond acceptors (Lipinski definition) is 4. The molecule has 6 nitrogen and oxygen atoms in total. The van der Waals surface area contributed by atoms with Gasteiger partial charge in [-0.2, -0.15) is 0 Å². The first-order chi connectivity index (χ1) is 13.7. The molecular weight excluding hydrogens is 397 g/mol. The number of aliphatic hydroxyl groups is 1. The molecule has 150 valence electrons. The van der Waals surface area contributed by atoms with Crippen molar-refractivity contribution >= 4 is 23.3 Å². The molecule has 2 heterocycles. The lowest BCUT2D eigenvalue weighted by Crippen LogP contribution is -2.09. The number of aliphatic carboxylic acids is 1. The highest BCUT2D eigenvalue weighted by Crippen LogP contribution is 2.33. The third kappa shape index (κ3) is 4.06. The zero-order chi connectivity index (χ0) is 21.3. The van der Waals surface area contributed by atoms with E-state index in [1.54, 1.807) is 30.3 Å². The molecule has 1 unspecified atom stereocenters. The van der Waals surface area contributed by atoms with E-state index < -0.39 is 18.0 Å². The highest BCUT2D eigenvalue weighted by molar-refractivity contribution is 6.31.